The molecule has 2 N–H and O–H groups in total. The Labute approximate surface area is 156 Å². The first-order valence-electron chi connectivity index (χ1n) is 8.87. The average molecular weight is 395 g/mol. The van der Waals surface area contributed by atoms with Crippen molar-refractivity contribution in [2.75, 3.05) is 6.54 Å². The molecule has 1 amide bonds. The van der Waals surface area contributed by atoms with Crippen molar-refractivity contribution >= 4 is 27.3 Å². The molecular weight excluding hydrogens is 372 g/mol. The Morgan fingerprint density at radius 3 is 2.92 bits per heavy atom. The monoisotopic (exact) mass is 394 g/mol. The summed E-state index contributed by atoms with van der Waals surface area (Å²) in [7, 11) is -2.24. The maximum Gasteiger partial charge on any atom is 0.275 e. The van der Waals surface area contributed by atoms with Gasteiger partial charge in [0.1, 0.15) is 4.90 Å². The highest BCUT2D eigenvalue weighted by Gasteiger charge is 2.32. The molecule has 2 aliphatic rings. The van der Waals surface area contributed by atoms with Crippen molar-refractivity contribution in [2.45, 2.75) is 49.5 Å². The van der Waals surface area contributed by atoms with Gasteiger partial charge in [0, 0.05) is 30.6 Å². The van der Waals surface area contributed by atoms with Gasteiger partial charge in [-0.1, -0.05) is 6.42 Å². The molecule has 0 radical (unpaired) electrons. The van der Waals surface area contributed by atoms with Crippen LogP contribution in [0.2, 0.25) is 0 Å². The summed E-state index contributed by atoms with van der Waals surface area (Å²) in [5.74, 6) is -0.395. The third-order valence-corrected chi connectivity index (χ3v) is 7.61. The fourth-order valence-corrected chi connectivity index (χ4v) is 5.84. The molecule has 1 aliphatic carbocycles. The molecule has 26 heavy (non-hydrogen) atoms. The van der Waals surface area contributed by atoms with Crippen LogP contribution >= 0.6 is 11.3 Å². The van der Waals surface area contributed by atoms with Gasteiger partial charge in [-0.05, 0) is 43.9 Å². The van der Waals surface area contributed by atoms with E-state index >= 15 is 0 Å². The van der Waals surface area contributed by atoms with E-state index in [0.29, 0.717) is 10.6 Å². The van der Waals surface area contributed by atoms with Crippen molar-refractivity contribution < 1.29 is 13.2 Å². The number of aryl methyl sites for hydroxylation is 2. The lowest BCUT2D eigenvalue weighted by molar-refractivity contribution is 0.0985. The van der Waals surface area contributed by atoms with Crippen LogP contribution in [0.5, 0.6) is 0 Å². The van der Waals surface area contributed by atoms with Gasteiger partial charge in [-0.3, -0.25) is 9.48 Å². The minimum Gasteiger partial charge on any atom is -0.313 e. The molecule has 2 aromatic rings. The quantitative estimate of drug-likeness (QED) is 0.826. The van der Waals surface area contributed by atoms with E-state index in [2.05, 4.69) is 15.1 Å². The number of aromatic nitrogens is 2. The van der Waals surface area contributed by atoms with E-state index in [1.54, 1.807) is 13.1 Å². The third-order valence-electron chi connectivity index (χ3n) is 5.02. The first-order valence-corrected chi connectivity index (χ1v) is 11.2. The van der Waals surface area contributed by atoms with Crippen molar-refractivity contribution in [1.82, 2.24) is 19.8 Å². The maximum atomic E-state index is 12.8. The molecule has 1 saturated carbocycles. The van der Waals surface area contributed by atoms with E-state index in [0.717, 1.165) is 55.6 Å². The molecule has 0 bridgehead atoms. The van der Waals surface area contributed by atoms with Crippen LogP contribution in [0, 0.1) is 0 Å². The Balaban J connectivity index is 1.57. The molecular formula is C17H22N4O3S2. The second-order valence-corrected chi connectivity index (χ2v) is 9.74. The zero-order chi connectivity index (χ0) is 18.3. The Morgan fingerprint density at radius 1 is 1.38 bits per heavy atom. The van der Waals surface area contributed by atoms with Crippen LogP contribution in [-0.2, 0) is 30.0 Å². The lowest BCUT2D eigenvalue weighted by atomic mass is 9.83. The van der Waals surface area contributed by atoms with Crippen molar-refractivity contribution in [2.24, 2.45) is 7.05 Å². The van der Waals surface area contributed by atoms with Crippen LogP contribution < -0.4 is 10.0 Å². The van der Waals surface area contributed by atoms with E-state index in [1.807, 2.05) is 0 Å². The molecule has 0 atom stereocenters. The van der Waals surface area contributed by atoms with Crippen LogP contribution in [0.15, 0.2) is 17.2 Å². The van der Waals surface area contributed by atoms with Gasteiger partial charge in [-0.15, -0.1) is 11.3 Å². The summed E-state index contributed by atoms with van der Waals surface area (Å²) in [4.78, 5) is 14.3. The number of carbonyl (C=O) groups excluding carboxylic acids is 1. The highest BCUT2D eigenvalue weighted by Crippen LogP contribution is 2.38. The lowest BCUT2D eigenvalue weighted by Crippen LogP contribution is -2.31. The highest BCUT2D eigenvalue weighted by molar-refractivity contribution is 7.90. The van der Waals surface area contributed by atoms with Gasteiger partial charge in [-0.2, -0.15) is 5.10 Å². The molecule has 0 aromatic carbocycles. The molecule has 3 heterocycles. The number of sulfonamides is 1. The minimum atomic E-state index is -3.94. The smallest absolute Gasteiger partial charge is 0.275 e. The molecule has 0 spiro atoms. The number of carbonyl (C=O) groups is 1. The summed E-state index contributed by atoms with van der Waals surface area (Å²) in [5.41, 5.74) is 1.66. The fraction of sp³-hybridized carbons (Fsp3) is 0.529. The summed E-state index contributed by atoms with van der Waals surface area (Å²) >= 11 is 1.39. The Hall–Kier alpha value is -1.71. The van der Waals surface area contributed by atoms with E-state index < -0.39 is 15.9 Å². The predicted octanol–water partition coefficient (Wildman–Crippen LogP) is 1.90. The predicted molar refractivity (Wildman–Crippen MR) is 98.8 cm³/mol. The zero-order valence-electron chi connectivity index (χ0n) is 14.6. The largest absolute Gasteiger partial charge is 0.313 e. The first-order chi connectivity index (χ1) is 12.4. The number of hydrogen-bond donors (Lipinski definition) is 2. The second kappa shape index (κ2) is 6.79. The van der Waals surface area contributed by atoms with Crippen molar-refractivity contribution in [1.29, 1.82) is 0 Å². The molecule has 7 nitrogen and oxygen atoms in total. The van der Waals surface area contributed by atoms with Crippen LogP contribution in [0.25, 0.3) is 0 Å². The summed E-state index contributed by atoms with van der Waals surface area (Å²) in [5, 5.41) is 7.63. The van der Waals surface area contributed by atoms with Crippen LogP contribution in [0.1, 0.15) is 57.4 Å². The minimum absolute atomic E-state index is 0.123. The standard InChI is InChI=1S/C17H22N4O3S2/c1-21-10-15(16(19-21)11-4-2-5-11)26(23,24)20-17(22)14-8-12-9-18-7-3-6-13(12)25-14/h8,10-11,18H,2-7,9H2,1H3,(H,20,22). The number of thiophene rings is 1. The molecule has 1 aliphatic heterocycles. The number of hydrogen-bond acceptors (Lipinski definition) is 6. The van der Waals surface area contributed by atoms with E-state index in [1.165, 1.54) is 22.2 Å². The number of fused-ring (bicyclic) bond motifs is 1. The average Bonchev–Trinajstić information content (AvgIpc) is 3.03. The van der Waals surface area contributed by atoms with Gasteiger partial charge < -0.3 is 5.32 Å². The zero-order valence-corrected chi connectivity index (χ0v) is 16.3. The number of rotatable bonds is 4. The van der Waals surface area contributed by atoms with Crippen molar-refractivity contribution in [3.8, 4) is 0 Å². The van der Waals surface area contributed by atoms with Gasteiger partial charge in [0.2, 0.25) is 0 Å². The molecule has 140 valence electrons. The summed E-state index contributed by atoms with van der Waals surface area (Å²) in [6.07, 6.45) is 6.39. The SMILES string of the molecule is Cn1cc(S(=O)(=O)NC(=O)c2cc3c(s2)CCCNC3)c(C2CCC2)n1. The van der Waals surface area contributed by atoms with E-state index in [-0.39, 0.29) is 10.8 Å². The number of amides is 1. The Morgan fingerprint density at radius 2 is 2.19 bits per heavy atom. The van der Waals surface area contributed by atoms with Crippen molar-refractivity contribution in [3.05, 3.63) is 33.3 Å². The maximum absolute atomic E-state index is 12.8. The van der Waals surface area contributed by atoms with Crippen LogP contribution in [-0.4, -0.2) is 30.7 Å². The van der Waals surface area contributed by atoms with Gasteiger partial charge in [-0.25, -0.2) is 13.1 Å². The molecule has 0 unspecified atom stereocenters. The second-order valence-electron chi connectivity index (χ2n) is 6.95. The molecule has 1 fully saturated rings. The molecule has 4 rings (SSSR count). The summed E-state index contributed by atoms with van der Waals surface area (Å²) < 4.78 is 29.3. The summed E-state index contributed by atoms with van der Waals surface area (Å²) in [6.45, 7) is 1.68. The van der Waals surface area contributed by atoms with E-state index in [9.17, 15) is 13.2 Å². The number of nitrogens with one attached hydrogen (secondary N) is 2. The van der Waals surface area contributed by atoms with Gasteiger partial charge in [0.05, 0.1) is 10.6 Å². The van der Waals surface area contributed by atoms with Gasteiger partial charge in [0.25, 0.3) is 15.9 Å². The van der Waals surface area contributed by atoms with Crippen molar-refractivity contribution in [3.63, 3.8) is 0 Å². The lowest BCUT2D eigenvalue weighted by Gasteiger charge is -2.24. The Bertz CT molecular complexity index is 918. The van der Waals surface area contributed by atoms with Crippen LogP contribution in [0.3, 0.4) is 0 Å². The third kappa shape index (κ3) is 3.30. The first kappa shape index (κ1) is 17.7. The van der Waals surface area contributed by atoms with E-state index in [4.69, 9.17) is 0 Å². The van der Waals surface area contributed by atoms with Gasteiger partial charge in [0.15, 0.2) is 0 Å². The fourth-order valence-electron chi connectivity index (χ4n) is 3.42. The van der Waals surface area contributed by atoms with Crippen LogP contribution in [0.4, 0.5) is 0 Å². The number of nitrogens with zero attached hydrogens (tertiary/aromatic N) is 2. The van der Waals surface area contributed by atoms with Gasteiger partial charge >= 0.3 is 0 Å². The Kier molecular flexibility index (Phi) is 4.62. The topological polar surface area (TPSA) is 93.1 Å². The molecule has 2 aromatic heterocycles. The highest BCUT2D eigenvalue weighted by atomic mass is 32.2. The molecule has 0 saturated heterocycles. The molecule has 9 heteroatoms. The normalized spacial score (nSPS) is 18.0. The summed E-state index contributed by atoms with van der Waals surface area (Å²) in [6, 6.07) is 1.80.